The van der Waals surface area contributed by atoms with Gasteiger partial charge in [-0.05, 0) is 12.5 Å². The van der Waals surface area contributed by atoms with Crippen LogP contribution >= 0.6 is 11.3 Å². The number of thiazole rings is 1. The van der Waals surface area contributed by atoms with Crippen molar-refractivity contribution in [3.05, 3.63) is 34.6 Å². The van der Waals surface area contributed by atoms with Crippen molar-refractivity contribution in [1.29, 1.82) is 0 Å². The molecule has 0 saturated heterocycles. The zero-order valence-electron chi connectivity index (χ0n) is 11.2. The number of carbonyl (C=O) groups is 1. The van der Waals surface area contributed by atoms with Gasteiger partial charge in [-0.25, -0.2) is 9.78 Å². The van der Waals surface area contributed by atoms with Gasteiger partial charge in [0.2, 0.25) is 0 Å². The predicted octanol–water partition coefficient (Wildman–Crippen LogP) is 3.57. The Morgan fingerprint density at radius 2 is 2.10 bits per heavy atom. The molecule has 112 valence electrons. The van der Waals surface area contributed by atoms with Gasteiger partial charge in [0, 0.05) is 22.8 Å². The Balaban J connectivity index is 2.48. The number of hydrogen-bond acceptors (Lipinski definition) is 5. The number of pyridine rings is 1. The fraction of sp³-hybridized carbons (Fsp3) is 0.308. The highest BCUT2D eigenvalue weighted by Crippen LogP contribution is 2.33. The summed E-state index contributed by atoms with van der Waals surface area (Å²) >= 11 is 1.16. The molecule has 2 heterocycles. The van der Waals surface area contributed by atoms with Gasteiger partial charge in [-0.15, -0.1) is 11.3 Å². The van der Waals surface area contributed by atoms with Crippen molar-refractivity contribution < 1.29 is 22.7 Å². The van der Waals surface area contributed by atoms with Crippen molar-refractivity contribution in [3.8, 4) is 10.6 Å². The average Bonchev–Trinajstić information content (AvgIpc) is 2.90. The van der Waals surface area contributed by atoms with E-state index in [1.807, 2.05) is 6.92 Å². The van der Waals surface area contributed by atoms with E-state index in [-0.39, 0.29) is 11.3 Å². The lowest BCUT2D eigenvalue weighted by Crippen LogP contribution is -2.06. The normalized spacial score (nSPS) is 11.5. The van der Waals surface area contributed by atoms with Crippen LogP contribution in [0.15, 0.2) is 18.5 Å². The van der Waals surface area contributed by atoms with Gasteiger partial charge in [0.15, 0.2) is 5.69 Å². The molecule has 0 aliphatic heterocycles. The van der Waals surface area contributed by atoms with Crippen molar-refractivity contribution in [2.45, 2.75) is 19.5 Å². The van der Waals surface area contributed by atoms with Crippen molar-refractivity contribution in [1.82, 2.24) is 9.97 Å². The van der Waals surface area contributed by atoms with E-state index in [0.29, 0.717) is 16.3 Å². The number of halogens is 3. The maximum absolute atomic E-state index is 12.7. The van der Waals surface area contributed by atoms with Crippen molar-refractivity contribution in [2.75, 3.05) is 7.11 Å². The number of ether oxygens (including phenoxy) is 1. The first kappa shape index (κ1) is 15.4. The highest BCUT2D eigenvalue weighted by Gasteiger charge is 2.31. The molecule has 0 unspecified atom stereocenters. The fourth-order valence-corrected chi connectivity index (χ4v) is 2.65. The zero-order valence-corrected chi connectivity index (χ0v) is 12.0. The van der Waals surface area contributed by atoms with Crippen LogP contribution < -0.4 is 0 Å². The molecule has 8 heteroatoms. The summed E-state index contributed by atoms with van der Waals surface area (Å²) in [6, 6.07) is 0.965. The third kappa shape index (κ3) is 3.21. The van der Waals surface area contributed by atoms with E-state index in [4.69, 9.17) is 0 Å². The number of hydrogen-bond donors (Lipinski definition) is 0. The van der Waals surface area contributed by atoms with E-state index in [0.717, 1.165) is 23.6 Å². The van der Waals surface area contributed by atoms with Gasteiger partial charge < -0.3 is 4.74 Å². The number of carbonyl (C=O) groups excluding carboxylic acids is 1. The van der Waals surface area contributed by atoms with E-state index < -0.39 is 17.7 Å². The maximum Gasteiger partial charge on any atom is 0.417 e. The molecule has 0 aliphatic rings. The zero-order chi connectivity index (χ0) is 15.6. The summed E-state index contributed by atoms with van der Waals surface area (Å²) in [6.45, 7) is 1.83. The van der Waals surface area contributed by atoms with Crippen LogP contribution in [-0.2, 0) is 17.3 Å². The first-order valence-corrected chi connectivity index (χ1v) is 6.79. The van der Waals surface area contributed by atoms with Crippen LogP contribution in [-0.4, -0.2) is 23.0 Å². The molecular weight excluding hydrogens is 305 g/mol. The van der Waals surface area contributed by atoms with Crippen LogP contribution in [0.1, 0.15) is 27.9 Å². The standard InChI is InChI=1S/C13H11F3N2O2S/c1-3-9-10(12(19)20-2)18-11(21-9)7-4-8(6-17-5-7)13(14,15)16/h4-6H,3H2,1-2H3. The van der Waals surface area contributed by atoms with E-state index >= 15 is 0 Å². The molecule has 0 saturated carbocycles. The molecule has 2 rings (SSSR count). The minimum absolute atomic E-state index is 0.136. The second kappa shape index (κ2) is 5.80. The van der Waals surface area contributed by atoms with Crippen molar-refractivity contribution in [2.24, 2.45) is 0 Å². The number of nitrogens with zero attached hydrogens (tertiary/aromatic N) is 2. The third-order valence-electron chi connectivity index (χ3n) is 2.71. The minimum atomic E-state index is -4.47. The lowest BCUT2D eigenvalue weighted by molar-refractivity contribution is -0.137. The molecule has 2 aromatic heterocycles. The summed E-state index contributed by atoms with van der Waals surface area (Å²) < 4.78 is 42.7. The third-order valence-corrected chi connectivity index (χ3v) is 3.96. The van der Waals surface area contributed by atoms with Gasteiger partial charge in [0.25, 0.3) is 0 Å². The maximum atomic E-state index is 12.7. The fourth-order valence-electron chi connectivity index (χ4n) is 1.68. The Morgan fingerprint density at radius 1 is 1.38 bits per heavy atom. The van der Waals surface area contributed by atoms with Gasteiger partial charge in [-0.2, -0.15) is 13.2 Å². The first-order chi connectivity index (χ1) is 9.86. The van der Waals surface area contributed by atoms with Crippen LogP contribution in [0, 0.1) is 0 Å². The summed E-state index contributed by atoms with van der Waals surface area (Å²) in [5, 5.41) is 0.311. The number of alkyl halides is 3. The predicted molar refractivity (Wildman–Crippen MR) is 71.1 cm³/mol. The highest BCUT2D eigenvalue weighted by atomic mass is 32.1. The van der Waals surface area contributed by atoms with Crippen molar-refractivity contribution in [3.63, 3.8) is 0 Å². The van der Waals surface area contributed by atoms with Gasteiger partial charge in [-0.1, -0.05) is 6.92 Å². The molecule has 0 aliphatic carbocycles. The molecule has 0 fully saturated rings. The first-order valence-electron chi connectivity index (χ1n) is 5.97. The number of aryl methyl sites for hydroxylation is 1. The Hall–Kier alpha value is -1.96. The molecule has 0 amide bonds. The van der Waals surface area contributed by atoms with Crippen LogP contribution in [0.4, 0.5) is 13.2 Å². The Labute approximate surface area is 122 Å². The largest absolute Gasteiger partial charge is 0.464 e. The highest BCUT2D eigenvalue weighted by molar-refractivity contribution is 7.15. The van der Waals surface area contributed by atoms with Crippen LogP contribution in [0.5, 0.6) is 0 Å². The van der Waals surface area contributed by atoms with Crippen molar-refractivity contribution >= 4 is 17.3 Å². The lowest BCUT2D eigenvalue weighted by atomic mass is 10.2. The molecule has 21 heavy (non-hydrogen) atoms. The minimum Gasteiger partial charge on any atom is -0.464 e. The molecule has 2 aromatic rings. The Bertz CT molecular complexity index is 668. The van der Waals surface area contributed by atoms with E-state index in [1.165, 1.54) is 13.3 Å². The van der Waals surface area contributed by atoms with E-state index in [9.17, 15) is 18.0 Å². The van der Waals surface area contributed by atoms with Gasteiger partial charge >= 0.3 is 12.1 Å². The monoisotopic (exact) mass is 316 g/mol. The molecule has 0 radical (unpaired) electrons. The summed E-state index contributed by atoms with van der Waals surface area (Å²) in [5.74, 6) is -0.603. The summed E-state index contributed by atoms with van der Waals surface area (Å²) in [4.78, 5) is 19.9. The van der Waals surface area contributed by atoms with E-state index in [2.05, 4.69) is 14.7 Å². The summed E-state index contributed by atoms with van der Waals surface area (Å²) in [7, 11) is 1.23. The quantitative estimate of drug-likeness (QED) is 0.812. The Morgan fingerprint density at radius 3 is 2.67 bits per heavy atom. The summed E-state index contributed by atoms with van der Waals surface area (Å²) in [6.07, 6.45) is -1.90. The van der Waals surface area contributed by atoms with Gasteiger partial charge in [-0.3, -0.25) is 4.98 Å². The second-order valence-corrected chi connectivity index (χ2v) is 5.18. The molecule has 0 atom stereocenters. The topological polar surface area (TPSA) is 52.1 Å². The van der Waals surface area contributed by atoms with Gasteiger partial charge in [0.1, 0.15) is 5.01 Å². The molecule has 0 bridgehead atoms. The number of rotatable bonds is 3. The van der Waals surface area contributed by atoms with Crippen LogP contribution in [0.2, 0.25) is 0 Å². The number of methoxy groups -OCH3 is 1. The summed E-state index contributed by atoms with van der Waals surface area (Å²) in [5.41, 5.74) is -0.495. The molecular formula is C13H11F3N2O2S. The van der Waals surface area contributed by atoms with Crippen LogP contribution in [0.3, 0.4) is 0 Å². The van der Waals surface area contributed by atoms with Gasteiger partial charge in [0.05, 0.1) is 12.7 Å². The molecule has 0 N–H and O–H groups in total. The molecule has 4 nitrogen and oxygen atoms in total. The molecule has 0 spiro atoms. The average molecular weight is 316 g/mol. The second-order valence-electron chi connectivity index (χ2n) is 4.10. The van der Waals surface area contributed by atoms with E-state index in [1.54, 1.807) is 0 Å². The lowest BCUT2D eigenvalue weighted by Gasteiger charge is -2.06. The number of esters is 1. The SMILES string of the molecule is CCc1sc(-c2cncc(C(F)(F)F)c2)nc1C(=O)OC. The van der Waals surface area contributed by atoms with Crippen LogP contribution in [0.25, 0.3) is 10.6 Å². The Kier molecular flexibility index (Phi) is 4.26. The molecule has 0 aromatic carbocycles. The number of aromatic nitrogens is 2. The smallest absolute Gasteiger partial charge is 0.417 e.